The highest BCUT2D eigenvalue weighted by atomic mass is 16.5. The Morgan fingerprint density at radius 1 is 1.14 bits per heavy atom. The van der Waals surface area contributed by atoms with E-state index in [0.717, 1.165) is 50.5 Å². The fraction of sp³-hybridized carbons (Fsp3) is 0.647. The van der Waals surface area contributed by atoms with Gasteiger partial charge >= 0.3 is 0 Å². The maximum atomic E-state index is 9.71. The van der Waals surface area contributed by atoms with Crippen molar-refractivity contribution in [3.63, 3.8) is 0 Å². The Hall–Kier alpha value is -1.60. The van der Waals surface area contributed by atoms with Crippen molar-refractivity contribution in [2.75, 3.05) is 31.2 Å². The number of pyridine rings is 1. The lowest BCUT2D eigenvalue weighted by molar-refractivity contribution is -0.380. The number of anilines is 1. The van der Waals surface area contributed by atoms with Gasteiger partial charge in [0.2, 0.25) is 0 Å². The largest absolute Gasteiger partial charge is 0.373 e. The Kier molecular flexibility index (Phi) is 4.12. The Morgan fingerprint density at radius 2 is 1.81 bits per heavy atom. The molecule has 1 fully saturated rings. The number of hydrogen-bond donors (Lipinski definition) is 0. The van der Waals surface area contributed by atoms with Gasteiger partial charge < -0.3 is 4.74 Å². The SMILES string of the molecule is CC(C)c1[nH+]c(N2CCOCC2)c(C#N)c2c1CCCC2. The van der Waals surface area contributed by atoms with Gasteiger partial charge in [-0.25, -0.2) is 4.98 Å². The van der Waals surface area contributed by atoms with Crippen molar-refractivity contribution in [2.45, 2.75) is 45.4 Å². The molecule has 1 aromatic rings. The normalized spacial score (nSPS) is 18.5. The summed E-state index contributed by atoms with van der Waals surface area (Å²) in [6, 6.07) is 2.47. The molecule has 1 saturated heterocycles. The van der Waals surface area contributed by atoms with Crippen LogP contribution in [0.15, 0.2) is 0 Å². The summed E-state index contributed by atoms with van der Waals surface area (Å²) in [5, 5.41) is 9.71. The molecule has 21 heavy (non-hydrogen) atoms. The van der Waals surface area contributed by atoms with E-state index in [-0.39, 0.29) is 0 Å². The number of nitrogens with zero attached hydrogens (tertiary/aromatic N) is 2. The highest BCUT2D eigenvalue weighted by Crippen LogP contribution is 2.32. The third-order valence-corrected chi connectivity index (χ3v) is 4.60. The zero-order chi connectivity index (χ0) is 14.8. The summed E-state index contributed by atoms with van der Waals surface area (Å²) in [6.07, 6.45) is 4.59. The molecule has 0 bridgehead atoms. The number of morpholine rings is 1. The molecule has 2 heterocycles. The van der Waals surface area contributed by atoms with Gasteiger partial charge in [-0.05, 0) is 36.8 Å². The van der Waals surface area contributed by atoms with Gasteiger partial charge in [-0.3, -0.25) is 4.90 Å². The Bertz CT molecular complexity index is 568. The number of hydrogen-bond acceptors (Lipinski definition) is 3. The third kappa shape index (κ3) is 2.63. The van der Waals surface area contributed by atoms with E-state index in [1.807, 2.05) is 0 Å². The lowest BCUT2D eigenvalue weighted by Gasteiger charge is -2.26. The summed E-state index contributed by atoms with van der Waals surface area (Å²) >= 11 is 0. The summed E-state index contributed by atoms with van der Waals surface area (Å²) in [6.45, 7) is 7.67. The number of rotatable bonds is 2. The maximum Gasteiger partial charge on any atom is 0.293 e. The van der Waals surface area contributed by atoms with Crippen LogP contribution in [0.25, 0.3) is 0 Å². The first kappa shape index (κ1) is 14.3. The molecule has 0 spiro atoms. The molecule has 0 amide bonds. The fourth-order valence-electron chi connectivity index (χ4n) is 3.52. The summed E-state index contributed by atoms with van der Waals surface area (Å²) in [7, 11) is 0. The molecular formula is C17H24N3O+. The van der Waals surface area contributed by atoms with Gasteiger partial charge in [-0.15, -0.1) is 0 Å². The van der Waals surface area contributed by atoms with Crippen LogP contribution in [0.5, 0.6) is 0 Å². The minimum Gasteiger partial charge on any atom is -0.373 e. The van der Waals surface area contributed by atoms with Crippen molar-refractivity contribution < 1.29 is 9.72 Å². The molecule has 4 heteroatoms. The molecule has 1 aliphatic heterocycles. The van der Waals surface area contributed by atoms with Crippen LogP contribution in [-0.4, -0.2) is 26.3 Å². The number of aromatic amines is 1. The van der Waals surface area contributed by atoms with Gasteiger partial charge in [0, 0.05) is 5.92 Å². The molecule has 0 unspecified atom stereocenters. The molecule has 0 atom stereocenters. The van der Waals surface area contributed by atoms with Crippen molar-refractivity contribution in [1.82, 2.24) is 0 Å². The van der Waals surface area contributed by atoms with Crippen LogP contribution in [-0.2, 0) is 17.6 Å². The number of H-pyrrole nitrogens is 1. The van der Waals surface area contributed by atoms with Crippen molar-refractivity contribution in [1.29, 1.82) is 5.26 Å². The molecule has 0 aromatic carbocycles. The van der Waals surface area contributed by atoms with Gasteiger partial charge in [0.1, 0.15) is 30.4 Å². The molecule has 1 N–H and O–H groups in total. The van der Waals surface area contributed by atoms with E-state index in [4.69, 9.17) is 4.74 Å². The molecule has 0 radical (unpaired) electrons. The van der Waals surface area contributed by atoms with E-state index >= 15 is 0 Å². The molecule has 4 nitrogen and oxygen atoms in total. The topological polar surface area (TPSA) is 50.4 Å². The molecule has 1 aromatic heterocycles. The van der Waals surface area contributed by atoms with Crippen LogP contribution in [0.3, 0.4) is 0 Å². The maximum absolute atomic E-state index is 9.71. The summed E-state index contributed by atoms with van der Waals surface area (Å²) in [4.78, 5) is 5.89. The summed E-state index contributed by atoms with van der Waals surface area (Å²) in [5.41, 5.74) is 4.90. The number of fused-ring (bicyclic) bond motifs is 1. The van der Waals surface area contributed by atoms with E-state index in [1.54, 1.807) is 0 Å². The molecule has 112 valence electrons. The number of nitriles is 1. The van der Waals surface area contributed by atoms with Gasteiger partial charge in [0.05, 0.1) is 13.2 Å². The average Bonchev–Trinajstić information content (AvgIpc) is 2.53. The second-order valence-corrected chi connectivity index (χ2v) is 6.29. The van der Waals surface area contributed by atoms with E-state index in [0.29, 0.717) is 5.92 Å². The number of aromatic nitrogens is 1. The zero-order valence-corrected chi connectivity index (χ0v) is 13.0. The Balaban J connectivity index is 2.14. The molecule has 0 saturated carbocycles. The highest BCUT2D eigenvalue weighted by Gasteiger charge is 2.31. The van der Waals surface area contributed by atoms with E-state index in [9.17, 15) is 5.26 Å². The molecule has 1 aliphatic carbocycles. The standard InChI is InChI=1S/C17H23N3O/c1-12(2)16-14-6-4-3-5-13(14)15(11-18)17(19-16)20-7-9-21-10-8-20/h12H,3-10H2,1-2H3/p+1. The van der Waals surface area contributed by atoms with E-state index < -0.39 is 0 Å². The van der Waals surface area contributed by atoms with E-state index in [2.05, 4.69) is 29.8 Å². The number of nitrogens with one attached hydrogen (secondary N) is 1. The van der Waals surface area contributed by atoms with E-state index in [1.165, 1.54) is 29.7 Å². The minimum atomic E-state index is 0.462. The second-order valence-electron chi connectivity index (χ2n) is 6.29. The van der Waals surface area contributed by atoms with Crippen LogP contribution in [0, 0.1) is 11.3 Å². The quantitative estimate of drug-likeness (QED) is 0.837. The first-order valence-electron chi connectivity index (χ1n) is 8.06. The predicted octanol–water partition coefficient (Wildman–Crippen LogP) is 2.21. The zero-order valence-electron chi connectivity index (χ0n) is 13.0. The van der Waals surface area contributed by atoms with Crippen molar-refractivity contribution >= 4 is 5.82 Å². The smallest absolute Gasteiger partial charge is 0.293 e. The first-order chi connectivity index (χ1) is 10.2. The van der Waals surface area contributed by atoms with Gasteiger partial charge in [-0.2, -0.15) is 5.26 Å². The van der Waals surface area contributed by atoms with Gasteiger partial charge in [0.25, 0.3) is 5.82 Å². The fourth-order valence-corrected chi connectivity index (χ4v) is 3.52. The third-order valence-electron chi connectivity index (χ3n) is 4.60. The van der Waals surface area contributed by atoms with Crippen LogP contribution < -0.4 is 9.88 Å². The van der Waals surface area contributed by atoms with Gasteiger partial charge in [0.15, 0.2) is 0 Å². The average molecular weight is 286 g/mol. The number of ether oxygens (including phenoxy) is 1. The van der Waals surface area contributed by atoms with Crippen LogP contribution >= 0.6 is 0 Å². The lowest BCUT2D eigenvalue weighted by Crippen LogP contribution is -2.41. The molecular weight excluding hydrogens is 262 g/mol. The minimum absolute atomic E-state index is 0.462. The molecule has 2 aliphatic rings. The van der Waals surface area contributed by atoms with Crippen LogP contribution in [0.2, 0.25) is 0 Å². The van der Waals surface area contributed by atoms with Crippen molar-refractivity contribution in [2.24, 2.45) is 0 Å². The van der Waals surface area contributed by atoms with Crippen molar-refractivity contribution in [3.05, 3.63) is 22.4 Å². The van der Waals surface area contributed by atoms with Gasteiger partial charge in [-0.1, -0.05) is 13.8 Å². The Labute approximate surface area is 126 Å². The van der Waals surface area contributed by atoms with Crippen molar-refractivity contribution in [3.8, 4) is 6.07 Å². The summed E-state index contributed by atoms with van der Waals surface area (Å²) < 4.78 is 5.45. The van der Waals surface area contributed by atoms with Crippen LogP contribution in [0.1, 0.15) is 55.0 Å². The predicted molar refractivity (Wildman–Crippen MR) is 81.5 cm³/mol. The second kappa shape index (κ2) is 6.03. The monoisotopic (exact) mass is 286 g/mol. The highest BCUT2D eigenvalue weighted by molar-refractivity contribution is 5.58. The Morgan fingerprint density at radius 3 is 2.43 bits per heavy atom. The summed E-state index contributed by atoms with van der Waals surface area (Å²) in [5.74, 6) is 1.48. The molecule has 3 rings (SSSR count). The van der Waals surface area contributed by atoms with Crippen LogP contribution in [0.4, 0.5) is 5.82 Å². The lowest BCUT2D eigenvalue weighted by atomic mass is 9.85. The first-order valence-corrected chi connectivity index (χ1v) is 8.06.